The first-order valence-electron chi connectivity index (χ1n) is 6.06. The molecule has 0 saturated heterocycles. The monoisotopic (exact) mass is 229 g/mol. The largest absolute Gasteiger partial charge is 0.497 e. The Morgan fingerprint density at radius 3 is 2.94 bits per heavy atom. The minimum atomic E-state index is 0.398. The van der Waals surface area contributed by atoms with E-state index in [1.54, 1.807) is 7.11 Å². The van der Waals surface area contributed by atoms with Crippen LogP contribution in [0.2, 0.25) is 0 Å². The van der Waals surface area contributed by atoms with Crippen LogP contribution in [0.5, 0.6) is 5.75 Å². The molecule has 0 aromatic heterocycles. The fraction of sp³-hybridized carbons (Fsp3) is 0.333. The van der Waals surface area contributed by atoms with Gasteiger partial charge in [0.15, 0.2) is 0 Å². The van der Waals surface area contributed by atoms with E-state index in [2.05, 4.69) is 30.4 Å². The molecule has 0 fully saturated rings. The van der Waals surface area contributed by atoms with E-state index < -0.39 is 0 Å². The average molecular weight is 229 g/mol. The highest BCUT2D eigenvalue weighted by molar-refractivity contribution is 5.53. The molecule has 90 valence electrons. The Morgan fingerprint density at radius 1 is 1.24 bits per heavy atom. The Balaban J connectivity index is 2.28. The van der Waals surface area contributed by atoms with Crippen molar-refractivity contribution < 1.29 is 4.74 Å². The van der Waals surface area contributed by atoms with Crippen molar-refractivity contribution in [3.8, 4) is 5.75 Å². The fourth-order valence-corrected chi connectivity index (χ4v) is 2.17. The van der Waals surface area contributed by atoms with Crippen LogP contribution in [-0.4, -0.2) is 7.11 Å². The van der Waals surface area contributed by atoms with E-state index in [0.29, 0.717) is 5.92 Å². The van der Waals surface area contributed by atoms with Gasteiger partial charge in [-0.3, -0.25) is 0 Å². The Labute approximate surface area is 103 Å². The summed E-state index contributed by atoms with van der Waals surface area (Å²) in [6.45, 7) is 0. The Bertz CT molecular complexity index is 435. The number of benzene rings is 1. The molecule has 0 radical (unpaired) electrons. The molecule has 2 N–H and O–H groups in total. The lowest BCUT2D eigenvalue weighted by atomic mass is 9.91. The summed E-state index contributed by atoms with van der Waals surface area (Å²) in [6, 6.07) is 5.89. The molecule has 1 aliphatic rings. The smallest absolute Gasteiger partial charge is 0.119 e. The normalized spacial score (nSPS) is 23.5. The Morgan fingerprint density at radius 2 is 2.12 bits per heavy atom. The second-order valence-corrected chi connectivity index (χ2v) is 4.31. The van der Waals surface area contributed by atoms with Crippen LogP contribution in [0.25, 0.3) is 0 Å². The van der Waals surface area contributed by atoms with Gasteiger partial charge in [-0.1, -0.05) is 24.3 Å². The maximum absolute atomic E-state index is 6.06. The third-order valence-electron chi connectivity index (χ3n) is 3.14. The molecule has 0 aliphatic heterocycles. The van der Waals surface area contributed by atoms with E-state index in [4.69, 9.17) is 10.5 Å². The zero-order valence-electron chi connectivity index (χ0n) is 10.2. The highest BCUT2D eigenvalue weighted by Gasteiger charge is 2.12. The summed E-state index contributed by atoms with van der Waals surface area (Å²) >= 11 is 0. The first-order valence-corrected chi connectivity index (χ1v) is 6.06. The van der Waals surface area contributed by atoms with Crippen molar-refractivity contribution in [1.29, 1.82) is 0 Å². The third-order valence-corrected chi connectivity index (χ3v) is 3.14. The number of hydrogen-bond donors (Lipinski definition) is 1. The molecule has 1 aromatic carbocycles. The van der Waals surface area contributed by atoms with E-state index in [9.17, 15) is 0 Å². The fourth-order valence-electron chi connectivity index (χ4n) is 2.17. The van der Waals surface area contributed by atoms with Gasteiger partial charge in [0.1, 0.15) is 5.75 Å². The van der Waals surface area contributed by atoms with Gasteiger partial charge in [-0.15, -0.1) is 0 Å². The summed E-state index contributed by atoms with van der Waals surface area (Å²) in [5.41, 5.74) is 8.09. The molecule has 17 heavy (non-hydrogen) atoms. The van der Waals surface area contributed by atoms with Crippen molar-refractivity contribution in [1.82, 2.24) is 0 Å². The van der Waals surface area contributed by atoms with Crippen LogP contribution in [0.3, 0.4) is 0 Å². The molecule has 2 rings (SSSR count). The van der Waals surface area contributed by atoms with Gasteiger partial charge in [0, 0.05) is 11.6 Å². The summed E-state index contributed by atoms with van der Waals surface area (Å²) in [5, 5.41) is 0. The number of nitrogen functional groups attached to an aromatic ring is 1. The van der Waals surface area contributed by atoms with E-state index >= 15 is 0 Å². The molecule has 0 saturated carbocycles. The molecule has 0 spiro atoms. The molecule has 1 aromatic rings. The first kappa shape index (κ1) is 11.8. The molecule has 1 aliphatic carbocycles. The van der Waals surface area contributed by atoms with Gasteiger partial charge in [0.2, 0.25) is 0 Å². The minimum absolute atomic E-state index is 0.398. The summed E-state index contributed by atoms with van der Waals surface area (Å²) in [7, 11) is 1.69. The molecule has 0 heterocycles. The standard InChI is InChI=1S/C15H19NO/c1-17-13-9-10-15(16)14(11-13)12-7-5-3-2-4-6-8-12/h2-3,6,8-12H,4-5,7,16H2,1H3/b3-2-,8-6-. The summed E-state index contributed by atoms with van der Waals surface area (Å²) < 4.78 is 5.26. The van der Waals surface area contributed by atoms with Crippen LogP contribution in [-0.2, 0) is 0 Å². The van der Waals surface area contributed by atoms with Crippen LogP contribution in [0.4, 0.5) is 5.69 Å². The van der Waals surface area contributed by atoms with Crippen molar-refractivity contribution in [2.75, 3.05) is 12.8 Å². The van der Waals surface area contributed by atoms with Gasteiger partial charge in [-0.05, 0) is 43.0 Å². The third kappa shape index (κ3) is 2.90. The second-order valence-electron chi connectivity index (χ2n) is 4.31. The van der Waals surface area contributed by atoms with E-state index in [1.165, 1.54) is 5.56 Å². The van der Waals surface area contributed by atoms with E-state index in [1.807, 2.05) is 12.1 Å². The zero-order chi connectivity index (χ0) is 12.1. The predicted octanol–water partition coefficient (Wildman–Crippen LogP) is 3.66. The maximum Gasteiger partial charge on any atom is 0.119 e. The van der Waals surface area contributed by atoms with Crippen LogP contribution >= 0.6 is 0 Å². The molecule has 2 nitrogen and oxygen atoms in total. The number of hydrogen-bond acceptors (Lipinski definition) is 2. The van der Waals surface area contributed by atoms with Crippen LogP contribution in [0.1, 0.15) is 30.7 Å². The number of allylic oxidation sites excluding steroid dienone is 4. The number of ether oxygens (including phenoxy) is 1. The summed E-state index contributed by atoms with van der Waals surface area (Å²) in [5.74, 6) is 1.27. The lowest BCUT2D eigenvalue weighted by molar-refractivity contribution is 0.414. The summed E-state index contributed by atoms with van der Waals surface area (Å²) in [4.78, 5) is 0. The maximum atomic E-state index is 6.06. The predicted molar refractivity (Wildman–Crippen MR) is 72.3 cm³/mol. The molecule has 0 amide bonds. The van der Waals surface area contributed by atoms with Gasteiger partial charge in [0.25, 0.3) is 0 Å². The number of nitrogens with two attached hydrogens (primary N) is 1. The number of methoxy groups -OCH3 is 1. The van der Waals surface area contributed by atoms with Crippen LogP contribution in [0.15, 0.2) is 42.5 Å². The average Bonchev–Trinajstić information content (AvgIpc) is 2.30. The van der Waals surface area contributed by atoms with Crippen molar-refractivity contribution in [2.45, 2.75) is 25.2 Å². The quantitative estimate of drug-likeness (QED) is 0.620. The summed E-state index contributed by atoms with van der Waals surface area (Å²) in [6.07, 6.45) is 12.1. The van der Waals surface area contributed by atoms with Crippen molar-refractivity contribution in [2.24, 2.45) is 0 Å². The second kappa shape index (κ2) is 5.58. The first-order chi connectivity index (χ1) is 8.31. The topological polar surface area (TPSA) is 35.2 Å². The van der Waals surface area contributed by atoms with Crippen molar-refractivity contribution >= 4 is 5.69 Å². The molecule has 1 unspecified atom stereocenters. The molecular weight excluding hydrogens is 210 g/mol. The SMILES string of the molecule is COc1ccc(N)c(C2/C=C\C/C=C\CC2)c1. The Kier molecular flexibility index (Phi) is 3.86. The minimum Gasteiger partial charge on any atom is -0.497 e. The number of anilines is 1. The number of rotatable bonds is 2. The van der Waals surface area contributed by atoms with E-state index in [0.717, 1.165) is 30.7 Å². The van der Waals surface area contributed by atoms with Gasteiger partial charge in [-0.25, -0.2) is 0 Å². The lowest BCUT2D eigenvalue weighted by Gasteiger charge is -2.17. The van der Waals surface area contributed by atoms with Gasteiger partial charge < -0.3 is 10.5 Å². The lowest BCUT2D eigenvalue weighted by Crippen LogP contribution is -2.02. The molecule has 2 heteroatoms. The van der Waals surface area contributed by atoms with Gasteiger partial charge in [0.05, 0.1) is 7.11 Å². The van der Waals surface area contributed by atoms with Crippen molar-refractivity contribution in [3.63, 3.8) is 0 Å². The van der Waals surface area contributed by atoms with Gasteiger partial charge in [-0.2, -0.15) is 0 Å². The van der Waals surface area contributed by atoms with Crippen LogP contribution < -0.4 is 10.5 Å². The van der Waals surface area contributed by atoms with Crippen molar-refractivity contribution in [3.05, 3.63) is 48.1 Å². The van der Waals surface area contributed by atoms with Gasteiger partial charge >= 0.3 is 0 Å². The highest BCUT2D eigenvalue weighted by Crippen LogP contribution is 2.31. The van der Waals surface area contributed by atoms with Crippen LogP contribution in [0, 0.1) is 0 Å². The zero-order valence-corrected chi connectivity index (χ0v) is 10.2. The molecule has 0 bridgehead atoms. The molecule has 1 atom stereocenters. The van der Waals surface area contributed by atoms with E-state index in [-0.39, 0.29) is 0 Å². The molecular formula is C15H19NO. The highest BCUT2D eigenvalue weighted by atomic mass is 16.5. The Hall–Kier alpha value is -1.70.